The molecule has 0 unspecified atom stereocenters. The fourth-order valence-electron chi connectivity index (χ4n) is 5.71. The van der Waals surface area contributed by atoms with Gasteiger partial charge in [-0.1, -0.05) is 19.3 Å². The number of nitrogens with one attached hydrogen (secondary N) is 1. The van der Waals surface area contributed by atoms with Crippen molar-refractivity contribution in [2.45, 2.75) is 57.0 Å². The molecule has 0 radical (unpaired) electrons. The predicted octanol–water partition coefficient (Wildman–Crippen LogP) is 2.18. The Morgan fingerprint density at radius 1 is 0.788 bits per heavy atom. The molecule has 7 nitrogen and oxygen atoms in total. The normalized spacial score (nSPS) is 23.5. The van der Waals surface area contributed by atoms with E-state index in [-0.39, 0.29) is 11.8 Å². The molecule has 5 rings (SSSR count). The van der Waals surface area contributed by atoms with Crippen molar-refractivity contribution in [1.82, 2.24) is 20.0 Å². The van der Waals surface area contributed by atoms with E-state index in [1.54, 1.807) is 0 Å². The first kappa shape index (κ1) is 22.7. The van der Waals surface area contributed by atoms with Gasteiger partial charge in [0, 0.05) is 75.7 Å². The van der Waals surface area contributed by atoms with Crippen LogP contribution in [0.4, 0.5) is 5.69 Å². The number of carbonyl (C=O) groups is 2. The summed E-state index contributed by atoms with van der Waals surface area (Å²) in [5.74, 6) is 0.333. The summed E-state index contributed by atoms with van der Waals surface area (Å²) in [5, 5.41) is 3.16. The molecular formula is C26H39N5O2. The highest BCUT2D eigenvalue weighted by Crippen LogP contribution is 2.25. The van der Waals surface area contributed by atoms with Gasteiger partial charge >= 0.3 is 0 Å². The number of hydrogen-bond acceptors (Lipinski definition) is 5. The lowest BCUT2D eigenvalue weighted by atomic mass is 9.91. The SMILES string of the molecule is O=C(NC1CCCC1)c1ccc(N2CCN(CC(=O)N3CCN(C4CCC4)CC3)CC2)cc1. The van der Waals surface area contributed by atoms with Gasteiger partial charge in [0.15, 0.2) is 0 Å². The van der Waals surface area contributed by atoms with E-state index in [1.807, 2.05) is 12.1 Å². The van der Waals surface area contributed by atoms with Gasteiger partial charge in [-0.2, -0.15) is 0 Å². The Balaban J connectivity index is 1.04. The third-order valence-electron chi connectivity index (χ3n) is 8.17. The Bertz CT molecular complexity index is 802. The van der Waals surface area contributed by atoms with Crippen LogP contribution in [0.25, 0.3) is 0 Å². The maximum Gasteiger partial charge on any atom is 0.251 e. The van der Waals surface area contributed by atoms with E-state index in [4.69, 9.17) is 0 Å². The minimum absolute atomic E-state index is 0.0466. The molecule has 4 fully saturated rings. The molecule has 7 heteroatoms. The number of benzene rings is 1. The topological polar surface area (TPSA) is 59.1 Å². The fraction of sp³-hybridized carbons (Fsp3) is 0.692. The molecule has 2 saturated carbocycles. The second-order valence-corrected chi connectivity index (χ2v) is 10.3. The molecule has 33 heavy (non-hydrogen) atoms. The van der Waals surface area contributed by atoms with Crippen LogP contribution in [0, 0.1) is 0 Å². The lowest BCUT2D eigenvalue weighted by molar-refractivity contribution is -0.134. The molecule has 1 aromatic carbocycles. The number of carbonyl (C=O) groups excluding carboxylic acids is 2. The first-order chi connectivity index (χ1) is 16.2. The molecule has 180 valence electrons. The van der Waals surface area contributed by atoms with Crippen LogP contribution in [0.3, 0.4) is 0 Å². The minimum atomic E-state index is 0.0466. The van der Waals surface area contributed by atoms with Crippen LogP contribution in [-0.4, -0.2) is 97.5 Å². The summed E-state index contributed by atoms with van der Waals surface area (Å²) >= 11 is 0. The lowest BCUT2D eigenvalue weighted by Gasteiger charge is -2.43. The van der Waals surface area contributed by atoms with Crippen LogP contribution in [0.5, 0.6) is 0 Å². The van der Waals surface area contributed by atoms with E-state index in [9.17, 15) is 9.59 Å². The highest BCUT2D eigenvalue weighted by Gasteiger charge is 2.30. The minimum Gasteiger partial charge on any atom is -0.369 e. The first-order valence-electron chi connectivity index (χ1n) is 13.1. The summed E-state index contributed by atoms with van der Waals surface area (Å²) in [6.45, 7) is 8.02. The summed E-state index contributed by atoms with van der Waals surface area (Å²) in [7, 11) is 0. The summed E-state index contributed by atoms with van der Waals surface area (Å²) in [4.78, 5) is 34.6. The standard InChI is InChI=1S/C26H39N5O2/c32-25(31-18-16-30(17-19-31)23-6-3-7-23)20-28-12-14-29(15-13-28)24-10-8-21(9-11-24)26(33)27-22-4-1-2-5-22/h8-11,22-23H,1-7,12-20H2,(H,27,33). The third-order valence-corrected chi connectivity index (χ3v) is 8.17. The van der Waals surface area contributed by atoms with Crippen molar-refractivity contribution in [2.75, 3.05) is 63.8 Å². The molecule has 1 N–H and O–H groups in total. The van der Waals surface area contributed by atoms with Gasteiger partial charge in [-0.05, 0) is 49.9 Å². The van der Waals surface area contributed by atoms with E-state index in [1.165, 1.54) is 32.1 Å². The van der Waals surface area contributed by atoms with Crippen molar-refractivity contribution in [3.8, 4) is 0 Å². The molecule has 0 spiro atoms. The van der Waals surface area contributed by atoms with Crippen LogP contribution in [0.1, 0.15) is 55.3 Å². The van der Waals surface area contributed by atoms with Gasteiger partial charge in [-0.3, -0.25) is 19.4 Å². The zero-order valence-electron chi connectivity index (χ0n) is 19.9. The quantitative estimate of drug-likeness (QED) is 0.716. The zero-order valence-corrected chi connectivity index (χ0v) is 19.9. The molecule has 2 aliphatic carbocycles. The Labute approximate surface area is 198 Å². The van der Waals surface area contributed by atoms with E-state index in [2.05, 4.69) is 37.0 Å². The van der Waals surface area contributed by atoms with Crippen molar-refractivity contribution in [3.05, 3.63) is 29.8 Å². The van der Waals surface area contributed by atoms with E-state index < -0.39 is 0 Å². The molecule has 0 atom stereocenters. The summed E-state index contributed by atoms with van der Waals surface area (Å²) < 4.78 is 0. The number of nitrogens with zero attached hydrogens (tertiary/aromatic N) is 4. The molecule has 0 bridgehead atoms. The number of rotatable bonds is 6. The second-order valence-electron chi connectivity index (χ2n) is 10.3. The summed E-state index contributed by atoms with van der Waals surface area (Å²) in [6.07, 6.45) is 8.70. The summed E-state index contributed by atoms with van der Waals surface area (Å²) in [6, 6.07) is 9.14. The van der Waals surface area contributed by atoms with Crippen LogP contribution in [0.2, 0.25) is 0 Å². The van der Waals surface area contributed by atoms with Crippen molar-refractivity contribution in [3.63, 3.8) is 0 Å². The maximum absolute atomic E-state index is 12.8. The average Bonchev–Trinajstić information content (AvgIpc) is 3.32. The number of piperazine rings is 2. The monoisotopic (exact) mass is 453 g/mol. The van der Waals surface area contributed by atoms with E-state index in [0.29, 0.717) is 12.6 Å². The highest BCUT2D eigenvalue weighted by molar-refractivity contribution is 5.94. The van der Waals surface area contributed by atoms with Crippen LogP contribution < -0.4 is 10.2 Å². The summed E-state index contributed by atoms with van der Waals surface area (Å²) in [5.41, 5.74) is 1.90. The second kappa shape index (κ2) is 10.4. The molecular weight excluding hydrogens is 414 g/mol. The lowest BCUT2D eigenvalue weighted by Crippen LogP contribution is -2.56. The van der Waals surface area contributed by atoms with Gasteiger partial charge in [-0.15, -0.1) is 0 Å². The van der Waals surface area contributed by atoms with Crippen molar-refractivity contribution in [2.24, 2.45) is 0 Å². The van der Waals surface area contributed by atoms with E-state index >= 15 is 0 Å². The Kier molecular flexibility index (Phi) is 7.16. The number of amides is 2. The Morgan fingerprint density at radius 3 is 2.06 bits per heavy atom. The number of hydrogen-bond donors (Lipinski definition) is 1. The van der Waals surface area contributed by atoms with Gasteiger partial charge in [0.05, 0.1) is 6.54 Å². The van der Waals surface area contributed by atoms with Crippen molar-refractivity contribution < 1.29 is 9.59 Å². The first-order valence-corrected chi connectivity index (χ1v) is 13.1. The van der Waals surface area contributed by atoms with E-state index in [0.717, 1.165) is 82.5 Å². The van der Waals surface area contributed by atoms with Crippen molar-refractivity contribution >= 4 is 17.5 Å². The van der Waals surface area contributed by atoms with Gasteiger partial charge in [0.25, 0.3) is 5.91 Å². The van der Waals surface area contributed by atoms with Crippen LogP contribution in [0.15, 0.2) is 24.3 Å². The number of anilines is 1. The molecule has 2 aliphatic heterocycles. The molecule has 0 aromatic heterocycles. The molecule has 1 aromatic rings. The van der Waals surface area contributed by atoms with Gasteiger partial charge in [0.2, 0.25) is 5.91 Å². The Hall–Kier alpha value is -2.12. The maximum atomic E-state index is 12.8. The average molecular weight is 454 g/mol. The van der Waals surface area contributed by atoms with Crippen molar-refractivity contribution in [1.29, 1.82) is 0 Å². The highest BCUT2D eigenvalue weighted by atomic mass is 16.2. The largest absolute Gasteiger partial charge is 0.369 e. The molecule has 2 amide bonds. The van der Waals surface area contributed by atoms with Gasteiger partial charge in [-0.25, -0.2) is 0 Å². The van der Waals surface area contributed by atoms with Gasteiger partial charge in [0.1, 0.15) is 0 Å². The zero-order chi connectivity index (χ0) is 22.6. The Morgan fingerprint density at radius 2 is 1.45 bits per heavy atom. The fourth-order valence-corrected chi connectivity index (χ4v) is 5.71. The van der Waals surface area contributed by atoms with Crippen LogP contribution >= 0.6 is 0 Å². The molecule has 2 heterocycles. The smallest absolute Gasteiger partial charge is 0.251 e. The third kappa shape index (κ3) is 5.52. The molecule has 2 saturated heterocycles. The molecule has 4 aliphatic rings. The van der Waals surface area contributed by atoms with Gasteiger partial charge < -0.3 is 15.1 Å². The van der Waals surface area contributed by atoms with Crippen LogP contribution in [-0.2, 0) is 4.79 Å². The predicted molar refractivity (Wildman–Crippen MR) is 131 cm³/mol.